The molecule has 1 atom stereocenters. The van der Waals surface area contributed by atoms with Crippen molar-refractivity contribution in [1.82, 2.24) is 5.43 Å². The molecule has 0 aliphatic carbocycles. The van der Waals surface area contributed by atoms with Gasteiger partial charge in [0, 0.05) is 24.2 Å². The molecule has 0 aromatic heterocycles. The van der Waals surface area contributed by atoms with Gasteiger partial charge in [-0.1, -0.05) is 6.07 Å². The Labute approximate surface area is 175 Å². The first-order valence-electron chi connectivity index (χ1n) is 9.64. The maximum Gasteiger partial charge on any atom is 0.245 e. The van der Waals surface area contributed by atoms with Gasteiger partial charge in [-0.05, 0) is 43.3 Å². The molecule has 2 aromatic carbocycles. The molecule has 158 valence electrons. The molecule has 1 heterocycles. The number of amides is 2. The van der Waals surface area contributed by atoms with Crippen molar-refractivity contribution in [1.29, 1.82) is 0 Å². The maximum absolute atomic E-state index is 12.5. The summed E-state index contributed by atoms with van der Waals surface area (Å²) >= 11 is 0. The number of nitrogens with one attached hydrogen (secondary N) is 1. The number of hydrazone groups is 1. The summed E-state index contributed by atoms with van der Waals surface area (Å²) in [7, 11) is 3.08. The molecule has 1 aliphatic heterocycles. The molecule has 8 nitrogen and oxygen atoms in total. The standard InChI is InChI=1S/C22H25N3O5/c1-4-30-18-10-8-17(9-11-18)25-14-16(12-20(25)26)22(27)24-23-13-15-6-5-7-19(28-2)21(15)29-3/h5-11,13,16H,4,12,14H2,1-3H3,(H,24,27)/b23-13-/t16-/m1/s1. The van der Waals surface area contributed by atoms with Gasteiger partial charge in [0.2, 0.25) is 11.8 Å². The van der Waals surface area contributed by atoms with E-state index in [1.54, 1.807) is 30.2 Å². The molecule has 1 saturated heterocycles. The van der Waals surface area contributed by atoms with Crippen molar-refractivity contribution in [3.8, 4) is 17.2 Å². The number of rotatable bonds is 8. The number of anilines is 1. The first-order valence-corrected chi connectivity index (χ1v) is 9.64. The molecular weight excluding hydrogens is 386 g/mol. The summed E-state index contributed by atoms with van der Waals surface area (Å²) < 4.78 is 16.0. The van der Waals surface area contributed by atoms with Crippen LogP contribution in [0.5, 0.6) is 17.2 Å². The number of benzene rings is 2. The number of carbonyl (C=O) groups is 2. The fraction of sp³-hybridized carbons (Fsp3) is 0.318. The van der Waals surface area contributed by atoms with Gasteiger partial charge in [0.05, 0.1) is 33.0 Å². The summed E-state index contributed by atoms with van der Waals surface area (Å²) in [5.74, 6) is 0.946. The second kappa shape index (κ2) is 9.78. The second-order valence-electron chi connectivity index (χ2n) is 6.65. The van der Waals surface area contributed by atoms with Crippen molar-refractivity contribution in [3.63, 3.8) is 0 Å². The topological polar surface area (TPSA) is 89.5 Å². The van der Waals surface area contributed by atoms with Gasteiger partial charge in [-0.2, -0.15) is 5.10 Å². The minimum atomic E-state index is -0.478. The van der Waals surface area contributed by atoms with Gasteiger partial charge in [0.1, 0.15) is 5.75 Å². The highest BCUT2D eigenvalue weighted by Gasteiger charge is 2.35. The number of hydrogen-bond donors (Lipinski definition) is 1. The summed E-state index contributed by atoms with van der Waals surface area (Å²) in [4.78, 5) is 26.5. The summed E-state index contributed by atoms with van der Waals surface area (Å²) in [6, 6.07) is 12.6. The first-order chi connectivity index (χ1) is 14.6. The molecule has 0 saturated carbocycles. The van der Waals surface area contributed by atoms with E-state index in [0.29, 0.717) is 30.2 Å². The van der Waals surface area contributed by atoms with Crippen LogP contribution in [0, 0.1) is 5.92 Å². The summed E-state index contributed by atoms with van der Waals surface area (Å²) in [6.07, 6.45) is 1.62. The molecule has 1 aliphatic rings. The molecule has 30 heavy (non-hydrogen) atoms. The van der Waals surface area contributed by atoms with E-state index in [9.17, 15) is 9.59 Å². The van der Waals surface area contributed by atoms with Gasteiger partial charge in [0.25, 0.3) is 0 Å². The Balaban J connectivity index is 1.62. The zero-order valence-corrected chi connectivity index (χ0v) is 17.3. The quantitative estimate of drug-likeness (QED) is 0.533. The SMILES string of the molecule is CCOc1ccc(N2C[C@H](C(=O)N/N=C\c3cccc(OC)c3OC)CC2=O)cc1. The third-order valence-electron chi connectivity index (χ3n) is 4.77. The fourth-order valence-corrected chi connectivity index (χ4v) is 3.29. The van der Waals surface area contributed by atoms with Crippen LogP contribution in [0.25, 0.3) is 0 Å². The van der Waals surface area contributed by atoms with Crippen LogP contribution < -0.4 is 24.5 Å². The second-order valence-corrected chi connectivity index (χ2v) is 6.65. The van der Waals surface area contributed by atoms with E-state index < -0.39 is 5.92 Å². The Morgan fingerprint density at radius 2 is 1.97 bits per heavy atom. The van der Waals surface area contributed by atoms with Gasteiger partial charge < -0.3 is 19.1 Å². The predicted molar refractivity (Wildman–Crippen MR) is 113 cm³/mol. The van der Waals surface area contributed by atoms with Gasteiger partial charge in [-0.3, -0.25) is 9.59 Å². The Morgan fingerprint density at radius 1 is 1.20 bits per heavy atom. The highest BCUT2D eigenvalue weighted by atomic mass is 16.5. The average molecular weight is 411 g/mol. The number of hydrogen-bond acceptors (Lipinski definition) is 6. The maximum atomic E-state index is 12.5. The lowest BCUT2D eigenvalue weighted by molar-refractivity contribution is -0.126. The molecule has 3 rings (SSSR count). The number of nitrogens with zero attached hydrogens (tertiary/aromatic N) is 2. The first kappa shape index (κ1) is 21.2. The molecule has 0 radical (unpaired) electrons. The van der Waals surface area contributed by atoms with Crippen LogP contribution in [-0.4, -0.2) is 45.4 Å². The molecule has 2 amide bonds. The average Bonchev–Trinajstić information content (AvgIpc) is 3.16. The van der Waals surface area contributed by atoms with E-state index in [-0.39, 0.29) is 18.2 Å². The molecule has 2 aromatic rings. The number of ether oxygens (including phenoxy) is 3. The van der Waals surface area contributed by atoms with E-state index in [2.05, 4.69) is 10.5 Å². The molecule has 0 spiro atoms. The van der Waals surface area contributed by atoms with E-state index in [1.807, 2.05) is 31.2 Å². The Morgan fingerprint density at radius 3 is 2.63 bits per heavy atom. The summed E-state index contributed by atoms with van der Waals surface area (Å²) in [5, 5.41) is 4.02. The fourth-order valence-electron chi connectivity index (χ4n) is 3.29. The molecule has 0 unspecified atom stereocenters. The van der Waals surface area contributed by atoms with Crippen LogP contribution in [-0.2, 0) is 9.59 Å². The largest absolute Gasteiger partial charge is 0.494 e. The predicted octanol–water partition coefficient (Wildman–Crippen LogP) is 2.61. The van der Waals surface area contributed by atoms with Crippen molar-refractivity contribution in [2.24, 2.45) is 11.0 Å². The van der Waals surface area contributed by atoms with Crippen molar-refractivity contribution < 1.29 is 23.8 Å². The van der Waals surface area contributed by atoms with E-state index in [1.165, 1.54) is 13.3 Å². The third kappa shape index (κ3) is 4.71. The highest BCUT2D eigenvalue weighted by Crippen LogP contribution is 2.29. The lowest BCUT2D eigenvalue weighted by Crippen LogP contribution is -2.30. The zero-order chi connectivity index (χ0) is 21.5. The van der Waals surface area contributed by atoms with Gasteiger partial charge >= 0.3 is 0 Å². The minimum Gasteiger partial charge on any atom is -0.494 e. The molecular formula is C22H25N3O5. The van der Waals surface area contributed by atoms with Gasteiger partial charge in [-0.25, -0.2) is 5.43 Å². The van der Waals surface area contributed by atoms with Crippen molar-refractivity contribution in [2.75, 3.05) is 32.3 Å². The monoisotopic (exact) mass is 411 g/mol. The van der Waals surface area contributed by atoms with Crippen molar-refractivity contribution >= 4 is 23.7 Å². The molecule has 0 bridgehead atoms. The van der Waals surface area contributed by atoms with Crippen LogP contribution in [0.2, 0.25) is 0 Å². The van der Waals surface area contributed by atoms with E-state index in [0.717, 1.165) is 11.4 Å². The Hall–Kier alpha value is -3.55. The van der Waals surface area contributed by atoms with Crippen LogP contribution in [0.15, 0.2) is 47.6 Å². The number of para-hydroxylation sites is 1. The van der Waals surface area contributed by atoms with E-state index in [4.69, 9.17) is 14.2 Å². The van der Waals surface area contributed by atoms with Crippen molar-refractivity contribution in [2.45, 2.75) is 13.3 Å². The third-order valence-corrected chi connectivity index (χ3v) is 4.77. The van der Waals surface area contributed by atoms with Gasteiger partial charge in [-0.15, -0.1) is 0 Å². The number of carbonyl (C=O) groups excluding carboxylic acids is 2. The Kier molecular flexibility index (Phi) is 6.90. The van der Waals surface area contributed by atoms with Crippen molar-refractivity contribution in [3.05, 3.63) is 48.0 Å². The smallest absolute Gasteiger partial charge is 0.245 e. The van der Waals surface area contributed by atoms with Crippen LogP contribution in [0.4, 0.5) is 5.69 Å². The van der Waals surface area contributed by atoms with Crippen LogP contribution in [0.1, 0.15) is 18.9 Å². The molecule has 8 heteroatoms. The van der Waals surface area contributed by atoms with Crippen LogP contribution in [0.3, 0.4) is 0 Å². The van der Waals surface area contributed by atoms with Crippen LogP contribution >= 0.6 is 0 Å². The van der Waals surface area contributed by atoms with E-state index >= 15 is 0 Å². The van der Waals surface area contributed by atoms with Gasteiger partial charge in [0.15, 0.2) is 11.5 Å². The lowest BCUT2D eigenvalue weighted by atomic mass is 10.1. The molecule has 1 N–H and O–H groups in total. The summed E-state index contributed by atoms with van der Waals surface area (Å²) in [5.41, 5.74) is 3.92. The highest BCUT2D eigenvalue weighted by molar-refractivity contribution is 6.00. The normalized spacial score (nSPS) is 16.0. The number of methoxy groups -OCH3 is 2. The minimum absolute atomic E-state index is 0.0993. The zero-order valence-electron chi connectivity index (χ0n) is 17.3. The summed E-state index contributed by atoms with van der Waals surface area (Å²) in [6.45, 7) is 2.79. The molecule has 1 fully saturated rings. The lowest BCUT2D eigenvalue weighted by Gasteiger charge is -2.17. The Bertz CT molecular complexity index is 927.